The molecule has 0 amide bonds. The number of aliphatic carboxylic acids is 1. The van der Waals surface area contributed by atoms with Crippen molar-refractivity contribution in [3.8, 4) is 22.9 Å². The Hall–Kier alpha value is -4.55. The van der Waals surface area contributed by atoms with Crippen LogP contribution in [0.5, 0.6) is 11.5 Å². The van der Waals surface area contributed by atoms with Gasteiger partial charge in [-0.05, 0) is 55.9 Å². The molecule has 2 aliphatic carbocycles. The lowest BCUT2D eigenvalue weighted by Gasteiger charge is -2.18. The first-order chi connectivity index (χ1) is 17.7. The van der Waals surface area contributed by atoms with Crippen molar-refractivity contribution in [1.82, 2.24) is 20.0 Å². The molecule has 0 aliphatic heterocycles. The Labute approximate surface area is 210 Å². The summed E-state index contributed by atoms with van der Waals surface area (Å²) in [6.07, 6.45) is 0.234. The van der Waals surface area contributed by atoms with E-state index in [1.54, 1.807) is 26.1 Å². The molecule has 2 saturated carbocycles. The van der Waals surface area contributed by atoms with E-state index < -0.39 is 17.0 Å². The van der Waals surface area contributed by atoms with Crippen molar-refractivity contribution in [2.75, 3.05) is 0 Å². The summed E-state index contributed by atoms with van der Waals surface area (Å²) in [4.78, 5) is 38.3. The number of hydrogen-bond acceptors (Lipinski definition) is 10. The number of pyridine rings is 1. The second-order valence-corrected chi connectivity index (χ2v) is 9.08. The molecule has 0 radical (unpaired) electrons. The van der Waals surface area contributed by atoms with E-state index >= 15 is 0 Å². The molecule has 4 atom stereocenters. The molecule has 0 saturated heterocycles. The maximum atomic E-state index is 12.1. The molecule has 0 unspecified atom stereocenters. The average Bonchev–Trinajstić information content (AvgIpc) is 3.44. The summed E-state index contributed by atoms with van der Waals surface area (Å²) in [7, 11) is 1.65. The molecule has 5 rings (SSSR count). The van der Waals surface area contributed by atoms with Gasteiger partial charge in [0.05, 0.1) is 22.2 Å². The van der Waals surface area contributed by atoms with Crippen molar-refractivity contribution in [2.45, 2.75) is 32.5 Å². The van der Waals surface area contributed by atoms with Crippen LogP contribution in [0.1, 0.15) is 24.2 Å². The first kappa shape index (κ1) is 24.2. The lowest BCUT2D eigenvalue weighted by molar-refractivity contribution is -0.384. The van der Waals surface area contributed by atoms with Crippen LogP contribution in [0.25, 0.3) is 11.4 Å². The standard InChI is InChI=1S/C24H23N5O8/c1-12-20(37-21-10-17(23(30)31)15-9-16(15)21)8-7-18(25-12)22-19(28(2)27-26-22)11-35-24(32)36-14-5-3-13(4-6-14)29(33)34/h3-8,15-17,21H,9-11H2,1-2H3,(H,30,31)/t15-,16+,17+,21+/m1/s1. The Morgan fingerprint density at radius 1 is 1.16 bits per heavy atom. The number of hydrogen-bond donors (Lipinski definition) is 1. The van der Waals surface area contributed by atoms with E-state index in [2.05, 4.69) is 15.3 Å². The van der Waals surface area contributed by atoms with Gasteiger partial charge in [-0.3, -0.25) is 14.9 Å². The molecular weight excluding hydrogens is 486 g/mol. The number of nitro benzene ring substituents is 1. The molecular formula is C24H23N5O8. The maximum Gasteiger partial charge on any atom is 0.514 e. The summed E-state index contributed by atoms with van der Waals surface area (Å²) < 4.78 is 17.9. The van der Waals surface area contributed by atoms with E-state index in [0.717, 1.165) is 6.42 Å². The first-order valence-electron chi connectivity index (χ1n) is 11.6. The summed E-state index contributed by atoms with van der Waals surface area (Å²) >= 11 is 0. The largest absolute Gasteiger partial charge is 0.514 e. The van der Waals surface area contributed by atoms with Crippen LogP contribution >= 0.6 is 0 Å². The molecule has 37 heavy (non-hydrogen) atoms. The van der Waals surface area contributed by atoms with Crippen molar-refractivity contribution in [3.63, 3.8) is 0 Å². The van der Waals surface area contributed by atoms with Crippen molar-refractivity contribution < 1.29 is 33.8 Å². The normalized spacial score (nSPS) is 21.7. The zero-order valence-corrected chi connectivity index (χ0v) is 19.9. The Morgan fingerprint density at radius 3 is 2.57 bits per heavy atom. The van der Waals surface area contributed by atoms with Crippen LogP contribution in [-0.2, 0) is 23.2 Å². The number of aromatic nitrogens is 4. The summed E-state index contributed by atoms with van der Waals surface area (Å²) in [6, 6.07) is 8.51. The van der Waals surface area contributed by atoms with Gasteiger partial charge in [0.15, 0.2) is 0 Å². The molecule has 13 nitrogen and oxygen atoms in total. The third-order valence-electron chi connectivity index (χ3n) is 6.77. The van der Waals surface area contributed by atoms with Gasteiger partial charge in [0.25, 0.3) is 5.69 Å². The topological polar surface area (TPSA) is 169 Å². The Balaban J connectivity index is 1.23. The zero-order valence-electron chi connectivity index (χ0n) is 19.9. The molecule has 2 aromatic heterocycles. The van der Waals surface area contributed by atoms with Gasteiger partial charge in [0.1, 0.15) is 35.6 Å². The van der Waals surface area contributed by atoms with Gasteiger partial charge in [-0.1, -0.05) is 5.21 Å². The van der Waals surface area contributed by atoms with Gasteiger partial charge in [-0.2, -0.15) is 0 Å². The monoisotopic (exact) mass is 509 g/mol. The Bertz CT molecular complexity index is 1370. The molecule has 2 fully saturated rings. The number of rotatable bonds is 8. The van der Waals surface area contributed by atoms with E-state index in [0.29, 0.717) is 34.9 Å². The smallest absolute Gasteiger partial charge is 0.488 e. The van der Waals surface area contributed by atoms with Crippen LogP contribution in [0, 0.1) is 34.8 Å². The van der Waals surface area contributed by atoms with Crippen molar-refractivity contribution >= 4 is 17.8 Å². The second-order valence-electron chi connectivity index (χ2n) is 9.08. The van der Waals surface area contributed by atoms with Crippen LogP contribution in [0.4, 0.5) is 10.5 Å². The fourth-order valence-corrected chi connectivity index (χ4v) is 4.74. The molecule has 192 valence electrons. The van der Waals surface area contributed by atoms with Gasteiger partial charge in [0.2, 0.25) is 0 Å². The molecule has 3 aromatic rings. The van der Waals surface area contributed by atoms with E-state index in [4.69, 9.17) is 14.2 Å². The van der Waals surface area contributed by atoms with E-state index in [1.807, 2.05) is 0 Å². The van der Waals surface area contributed by atoms with Crippen molar-refractivity contribution in [1.29, 1.82) is 0 Å². The fourth-order valence-electron chi connectivity index (χ4n) is 4.74. The number of nitro groups is 1. The summed E-state index contributed by atoms with van der Waals surface area (Å²) in [6.45, 7) is 1.59. The van der Waals surface area contributed by atoms with Gasteiger partial charge in [-0.25, -0.2) is 14.5 Å². The minimum atomic E-state index is -0.997. The molecule has 2 aliphatic rings. The van der Waals surface area contributed by atoms with Gasteiger partial charge in [-0.15, -0.1) is 5.10 Å². The Kier molecular flexibility index (Phi) is 6.19. The quantitative estimate of drug-likeness (QED) is 0.205. The van der Waals surface area contributed by atoms with Crippen LogP contribution in [0.2, 0.25) is 0 Å². The second kappa shape index (κ2) is 9.48. The lowest BCUT2D eigenvalue weighted by Crippen LogP contribution is -2.21. The minimum Gasteiger partial charge on any atom is -0.488 e. The highest BCUT2D eigenvalue weighted by Gasteiger charge is 2.58. The number of non-ortho nitro benzene ring substituents is 1. The number of carbonyl (C=O) groups excluding carboxylic acids is 1. The van der Waals surface area contributed by atoms with Crippen LogP contribution in [-0.4, -0.2) is 48.2 Å². The molecule has 1 N–H and O–H groups in total. The molecule has 0 spiro atoms. The fraction of sp³-hybridized carbons (Fsp3) is 0.375. The predicted octanol–water partition coefficient (Wildman–Crippen LogP) is 3.30. The van der Waals surface area contributed by atoms with E-state index in [-0.39, 0.29) is 41.9 Å². The first-order valence-corrected chi connectivity index (χ1v) is 11.6. The van der Waals surface area contributed by atoms with Gasteiger partial charge >= 0.3 is 12.1 Å². The molecule has 2 heterocycles. The zero-order chi connectivity index (χ0) is 26.3. The Morgan fingerprint density at radius 2 is 1.92 bits per heavy atom. The minimum absolute atomic E-state index is 0.0984. The van der Waals surface area contributed by atoms with Gasteiger partial charge in [0, 0.05) is 19.2 Å². The lowest BCUT2D eigenvalue weighted by atomic mass is 10.0. The number of carbonyl (C=O) groups is 2. The number of fused-ring (bicyclic) bond motifs is 1. The summed E-state index contributed by atoms with van der Waals surface area (Å²) in [5.41, 5.74) is 1.87. The number of carboxylic acids is 1. The summed E-state index contributed by atoms with van der Waals surface area (Å²) in [5, 5.41) is 28.3. The number of carboxylic acid groups (broad SMARTS) is 1. The highest BCUT2D eigenvalue weighted by Crippen LogP contribution is 2.56. The van der Waals surface area contributed by atoms with Crippen molar-refractivity contribution in [3.05, 3.63) is 57.9 Å². The van der Waals surface area contributed by atoms with Crippen LogP contribution in [0.3, 0.4) is 0 Å². The molecule has 0 bridgehead atoms. The summed E-state index contributed by atoms with van der Waals surface area (Å²) in [5.74, 6) is 0.0358. The maximum absolute atomic E-state index is 12.1. The van der Waals surface area contributed by atoms with Gasteiger partial charge < -0.3 is 19.3 Å². The highest BCUT2D eigenvalue weighted by molar-refractivity contribution is 5.72. The predicted molar refractivity (Wildman–Crippen MR) is 125 cm³/mol. The van der Waals surface area contributed by atoms with E-state index in [1.165, 1.54) is 28.9 Å². The number of benzene rings is 1. The number of nitrogens with zero attached hydrogens (tertiary/aromatic N) is 5. The molecule has 1 aromatic carbocycles. The van der Waals surface area contributed by atoms with E-state index in [9.17, 15) is 24.8 Å². The number of aryl methyl sites for hydroxylation is 2. The highest BCUT2D eigenvalue weighted by atomic mass is 16.7. The van der Waals surface area contributed by atoms with Crippen LogP contribution in [0.15, 0.2) is 36.4 Å². The third-order valence-corrected chi connectivity index (χ3v) is 6.77. The SMILES string of the molecule is Cc1nc(-c2nnn(C)c2COC(=O)Oc2ccc([N+](=O)[O-])cc2)ccc1O[C@H]1C[C@H](C(=O)O)[C@@H]2C[C@@H]21. The van der Waals surface area contributed by atoms with Crippen molar-refractivity contribution in [2.24, 2.45) is 24.8 Å². The number of ether oxygens (including phenoxy) is 3. The average molecular weight is 509 g/mol. The molecule has 13 heteroatoms. The third kappa shape index (κ3) is 4.92. The van der Waals surface area contributed by atoms with Crippen LogP contribution < -0.4 is 9.47 Å².